The number of rotatable bonds is 8. The molecule has 0 amide bonds. The second-order valence-corrected chi connectivity index (χ2v) is 7.17. The van der Waals surface area contributed by atoms with Gasteiger partial charge in [-0.15, -0.1) is 34.4 Å². The van der Waals surface area contributed by atoms with Crippen LogP contribution in [0.25, 0.3) is 0 Å². The lowest BCUT2D eigenvalue weighted by Crippen LogP contribution is -1.98. The number of nitrogens with zero attached hydrogens (tertiary/aromatic N) is 2. The number of hydrogen-bond acceptors (Lipinski definition) is 6. The van der Waals surface area contributed by atoms with Gasteiger partial charge in [-0.05, 0) is 20.3 Å². The highest BCUT2D eigenvalue weighted by atomic mass is 32.2. The molecular formula is C14H20N2OS3. The third-order valence-corrected chi connectivity index (χ3v) is 5.83. The monoisotopic (exact) mass is 328 g/mol. The van der Waals surface area contributed by atoms with Gasteiger partial charge in [-0.2, -0.15) is 0 Å². The maximum atomic E-state index is 5.56. The molecule has 0 aromatic carbocycles. The van der Waals surface area contributed by atoms with Gasteiger partial charge < -0.3 is 4.74 Å². The van der Waals surface area contributed by atoms with Crippen LogP contribution in [-0.2, 0) is 22.7 Å². The number of hydrogen-bond donors (Lipinski definition) is 0. The van der Waals surface area contributed by atoms with E-state index in [0.29, 0.717) is 0 Å². The summed E-state index contributed by atoms with van der Waals surface area (Å²) < 4.78 is 5.56. The largest absolute Gasteiger partial charge is 0.372 e. The van der Waals surface area contributed by atoms with E-state index in [1.165, 1.54) is 10.7 Å². The van der Waals surface area contributed by atoms with E-state index in [4.69, 9.17) is 4.74 Å². The summed E-state index contributed by atoms with van der Waals surface area (Å²) in [6, 6.07) is 0. The maximum absolute atomic E-state index is 5.56. The van der Waals surface area contributed by atoms with Crippen LogP contribution in [0.4, 0.5) is 0 Å². The van der Waals surface area contributed by atoms with Crippen LogP contribution in [0.15, 0.2) is 10.8 Å². The van der Waals surface area contributed by atoms with Crippen LogP contribution in [-0.4, -0.2) is 16.6 Å². The SMILES string of the molecule is CCO[C@H](C)c1nc(CSCc2csc(CC)n2)cs1. The highest BCUT2D eigenvalue weighted by Gasteiger charge is 2.10. The molecule has 2 rings (SSSR count). The Morgan fingerprint density at radius 2 is 1.85 bits per heavy atom. The Bertz CT molecular complexity index is 524. The first-order valence-electron chi connectivity index (χ1n) is 6.79. The minimum Gasteiger partial charge on any atom is -0.372 e. The molecular weight excluding hydrogens is 308 g/mol. The Hall–Kier alpha value is -0.430. The Labute approximate surface area is 132 Å². The summed E-state index contributed by atoms with van der Waals surface area (Å²) in [5.74, 6) is 1.90. The van der Waals surface area contributed by atoms with E-state index in [9.17, 15) is 0 Å². The van der Waals surface area contributed by atoms with Gasteiger partial charge in [0.1, 0.15) is 11.1 Å². The first-order valence-corrected chi connectivity index (χ1v) is 9.71. The molecule has 20 heavy (non-hydrogen) atoms. The fraction of sp³-hybridized carbons (Fsp3) is 0.571. The smallest absolute Gasteiger partial charge is 0.122 e. The van der Waals surface area contributed by atoms with E-state index in [0.717, 1.165) is 35.2 Å². The minimum absolute atomic E-state index is 0.106. The number of ether oxygens (including phenoxy) is 1. The molecule has 0 aliphatic rings. The van der Waals surface area contributed by atoms with Crippen molar-refractivity contribution >= 4 is 34.4 Å². The van der Waals surface area contributed by atoms with Gasteiger partial charge in [-0.1, -0.05) is 6.92 Å². The Morgan fingerprint density at radius 1 is 1.15 bits per heavy atom. The molecule has 0 saturated heterocycles. The fourth-order valence-corrected chi connectivity index (χ4v) is 4.33. The van der Waals surface area contributed by atoms with Gasteiger partial charge in [0.05, 0.1) is 16.4 Å². The first-order chi connectivity index (χ1) is 9.72. The molecule has 0 radical (unpaired) electrons. The maximum Gasteiger partial charge on any atom is 0.122 e. The number of aryl methyl sites for hydroxylation is 1. The van der Waals surface area contributed by atoms with Gasteiger partial charge in [0, 0.05) is 28.9 Å². The summed E-state index contributed by atoms with van der Waals surface area (Å²) in [4.78, 5) is 9.21. The van der Waals surface area contributed by atoms with Crippen molar-refractivity contribution in [3.8, 4) is 0 Å². The van der Waals surface area contributed by atoms with Crippen molar-refractivity contribution in [3.05, 3.63) is 32.2 Å². The lowest BCUT2D eigenvalue weighted by Gasteiger charge is -2.06. The molecule has 3 nitrogen and oxygen atoms in total. The van der Waals surface area contributed by atoms with Crippen LogP contribution < -0.4 is 0 Å². The van der Waals surface area contributed by atoms with Crippen LogP contribution in [0, 0.1) is 0 Å². The highest BCUT2D eigenvalue weighted by molar-refractivity contribution is 7.97. The minimum atomic E-state index is 0.106. The molecule has 2 heterocycles. The predicted molar refractivity (Wildman–Crippen MR) is 88.6 cm³/mol. The zero-order chi connectivity index (χ0) is 14.4. The highest BCUT2D eigenvalue weighted by Crippen LogP contribution is 2.24. The second-order valence-electron chi connectivity index (χ2n) is 4.35. The molecule has 0 fully saturated rings. The zero-order valence-electron chi connectivity index (χ0n) is 12.1. The fourth-order valence-electron chi connectivity index (χ4n) is 1.73. The average Bonchev–Trinajstić information content (AvgIpc) is 3.08. The third-order valence-electron chi connectivity index (χ3n) is 2.74. The van der Waals surface area contributed by atoms with Gasteiger partial charge in [0.2, 0.25) is 0 Å². The Balaban J connectivity index is 1.79. The summed E-state index contributed by atoms with van der Waals surface area (Å²) in [6.45, 7) is 6.95. The number of thiazole rings is 2. The Kier molecular flexibility index (Phi) is 6.48. The van der Waals surface area contributed by atoms with Crippen molar-refractivity contribution in [2.75, 3.05) is 6.61 Å². The van der Waals surface area contributed by atoms with E-state index >= 15 is 0 Å². The molecule has 0 unspecified atom stereocenters. The van der Waals surface area contributed by atoms with Crippen LogP contribution in [0.1, 0.15) is 48.3 Å². The van der Waals surface area contributed by atoms with E-state index in [2.05, 4.69) is 34.6 Å². The van der Waals surface area contributed by atoms with Crippen molar-refractivity contribution in [3.63, 3.8) is 0 Å². The molecule has 0 aliphatic carbocycles. The molecule has 6 heteroatoms. The van der Waals surface area contributed by atoms with Crippen LogP contribution >= 0.6 is 34.4 Å². The van der Waals surface area contributed by atoms with Crippen molar-refractivity contribution in [1.82, 2.24) is 9.97 Å². The molecule has 0 N–H and O–H groups in total. The summed E-state index contributed by atoms with van der Waals surface area (Å²) in [6.07, 6.45) is 1.13. The summed E-state index contributed by atoms with van der Waals surface area (Å²) in [5, 5.41) is 6.60. The molecule has 1 atom stereocenters. The average molecular weight is 329 g/mol. The van der Waals surface area contributed by atoms with E-state index in [1.807, 2.05) is 18.7 Å². The Morgan fingerprint density at radius 3 is 2.50 bits per heavy atom. The lowest BCUT2D eigenvalue weighted by molar-refractivity contribution is 0.0761. The third kappa shape index (κ3) is 4.55. The molecule has 0 aliphatic heterocycles. The normalized spacial score (nSPS) is 12.8. The molecule has 0 bridgehead atoms. The van der Waals surface area contributed by atoms with Crippen LogP contribution in [0.5, 0.6) is 0 Å². The molecule has 0 spiro atoms. The topological polar surface area (TPSA) is 35.0 Å². The number of aromatic nitrogens is 2. The van der Waals surface area contributed by atoms with Crippen LogP contribution in [0.2, 0.25) is 0 Å². The second kappa shape index (κ2) is 8.12. The van der Waals surface area contributed by atoms with Gasteiger partial charge >= 0.3 is 0 Å². The van der Waals surface area contributed by atoms with Crippen molar-refractivity contribution in [2.45, 2.75) is 44.8 Å². The molecule has 0 saturated carbocycles. The number of thioether (sulfide) groups is 1. The lowest BCUT2D eigenvalue weighted by atomic mass is 10.4. The van der Waals surface area contributed by atoms with Gasteiger partial charge in [0.25, 0.3) is 0 Å². The summed E-state index contributed by atoms with van der Waals surface area (Å²) >= 11 is 5.31. The van der Waals surface area contributed by atoms with Gasteiger partial charge in [0.15, 0.2) is 0 Å². The van der Waals surface area contributed by atoms with Gasteiger partial charge in [-0.25, -0.2) is 9.97 Å². The zero-order valence-corrected chi connectivity index (χ0v) is 14.5. The van der Waals surface area contributed by atoms with E-state index in [-0.39, 0.29) is 6.10 Å². The molecule has 2 aromatic rings. The summed E-state index contributed by atoms with van der Waals surface area (Å²) in [5.41, 5.74) is 2.34. The predicted octanol–water partition coefficient (Wildman–Crippen LogP) is 4.69. The first kappa shape index (κ1) is 15.9. The standard InChI is InChI=1S/C14H20N2OS3/c1-4-13-15-11(8-19-13)6-18-7-12-9-20-14(16-12)10(3)17-5-2/h8-10H,4-7H2,1-3H3/t10-/m1/s1. The van der Waals surface area contributed by atoms with Crippen molar-refractivity contribution < 1.29 is 4.74 Å². The van der Waals surface area contributed by atoms with E-state index in [1.54, 1.807) is 22.7 Å². The molecule has 2 aromatic heterocycles. The molecule has 110 valence electrons. The van der Waals surface area contributed by atoms with Crippen LogP contribution in [0.3, 0.4) is 0 Å². The van der Waals surface area contributed by atoms with Crippen molar-refractivity contribution in [2.24, 2.45) is 0 Å². The van der Waals surface area contributed by atoms with Crippen molar-refractivity contribution in [1.29, 1.82) is 0 Å². The quantitative estimate of drug-likeness (QED) is 0.704. The van der Waals surface area contributed by atoms with E-state index < -0.39 is 0 Å². The summed E-state index contributed by atoms with van der Waals surface area (Å²) in [7, 11) is 0. The van der Waals surface area contributed by atoms with Gasteiger partial charge in [-0.3, -0.25) is 0 Å².